The number of carbonyl (C=O) groups is 1. The van der Waals surface area contributed by atoms with E-state index < -0.39 is 44.5 Å². The van der Waals surface area contributed by atoms with Crippen LogP contribution >= 0.6 is 19.2 Å². The van der Waals surface area contributed by atoms with Crippen LogP contribution in [0.4, 0.5) is 5.82 Å². The molecule has 0 bridgehead atoms. The third-order valence-corrected chi connectivity index (χ3v) is 8.74. The summed E-state index contributed by atoms with van der Waals surface area (Å²) in [5, 5.41) is 10.0. The number of halogens is 1. The van der Waals surface area contributed by atoms with E-state index in [1.807, 2.05) is 30.3 Å². The van der Waals surface area contributed by atoms with Gasteiger partial charge in [-0.05, 0) is 29.3 Å². The van der Waals surface area contributed by atoms with Crippen LogP contribution in [0.3, 0.4) is 0 Å². The molecule has 0 radical (unpaired) electrons. The second kappa shape index (κ2) is 12.5. The summed E-state index contributed by atoms with van der Waals surface area (Å²) < 4.78 is 39.3. The van der Waals surface area contributed by atoms with Crippen LogP contribution in [0.5, 0.6) is 5.75 Å². The van der Waals surface area contributed by atoms with E-state index in [4.69, 9.17) is 35.9 Å². The van der Waals surface area contributed by atoms with Crippen LogP contribution < -0.4 is 10.3 Å². The Morgan fingerprint density at radius 3 is 2.61 bits per heavy atom. The average molecular weight is 602 g/mol. The molecule has 216 valence electrons. The molecule has 5 atom stereocenters. The van der Waals surface area contributed by atoms with E-state index in [-0.39, 0.29) is 30.3 Å². The van der Waals surface area contributed by atoms with E-state index in [2.05, 4.69) is 15.0 Å². The van der Waals surface area contributed by atoms with Gasteiger partial charge in [-0.3, -0.25) is 13.9 Å². The summed E-state index contributed by atoms with van der Waals surface area (Å²) in [6.07, 6.45) is -1.06. The Hall–Kier alpha value is -3.54. The van der Waals surface area contributed by atoms with Gasteiger partial charge in [-0.25, -0.2) is 9.55 Å². The predicted molar refractivity (Wildman–Crippen MR) is 150 cm³/mol. The van der Waals surface area contributed by atoms with E-state index >= 15 is 0 Å². The number of nitrogens with zero attached hydrogens (tertiary/aromatic N) is 4. The molecule has 12 nitrogen and oxygen atoms in total. The molecule has 1 aliphatic rings. The molecule has 2 aromatic carbocycles. The molecule has 5 rings (SSSR count). The Bertz CT molecular complexity index is 1540. The summed E-state index contributed by atoms with van der Waals surface area (Å²) in [5.74, 6) is -0.956. The van der Waals surface area contributed by atoms with Crippen LogP contribution in [0, 0.1) is 5.92 Å². The first-order valence-corrected chi connectivity index (χ1v) is 15.0. The number of aromatic nitrogens is 4. The maximum atomic E-state index is 14.2. The van der Waals surface area contributed by atoms with Crippen molar-refractivity contribution in [3.8, 4) is 5.75 Å². The molecule has 0 amide bonds. The number of nitrogens with two attached hydrogens (primary N) is 1. The second-order valence-corrected chi connectivity index (χ2v) is 11.9. The fourth-order valence-corrected chi connectivity index (χ4v) is 6.77. The fraction of sp³-hybridized carbons (Fsp3) is 0.333. The maximum absolute atomic E-state index is 14.2. The first-order chi connectivity index (χ1) is 19.7. The number of benzene rings is 2. The molecule has 1 saturated heterocycles. The van der Waals surface area contributed by atoms with Crippen molar-refractivity contribution in [1.29, 1.82) is 0 Å². The van der Waals surface area contributed by atoms with Crippen molar-refractivity contribution in [2.24, 2.45) is 5.92 Å². The number of imidazole rings is 1. The van der Waals surface area contributed by atoms with E-state index in [0.29, 0.717) is 16.9 Å². The van der Waals surface area contributed by atoms with Crippen molar-refractivity contribution in [3.05, 3.63) is 77.8 Å². The van der Waals surface area contributed by atoms with Crippen LogP contribution in [-0.2, 0) is 30.0 Å². The minimum absolute atomic E-state index is 0.0600. The van der Waals surface area contributed by atoms with Crippen molar-refractivity contribution >= 4 is 42.1 Å². The number of rotatable bonds is 11. The molecule has 3 heterocycles. The molecule has 0 saturated carbocycles. The Balaban J connectivity index is 1.34. The molecule has 2 unspecified atom stereocenters. The van der Waals surface area contributed by atoms with Crippen molar-refractivity contribution < 1.29 is 33.0 Å². The molecule has 0 aliphatic carbocycles. The number of esters is 1. The third-order valence-electron chi connectivity index (χ3n) is 6.50. The van der Waals surface area contributed by atoms with Gasteiger partial charge in [0.25, 0.3) is 0 Å². The summed E-state index contributed by atoms with van der Waals surface area (Å²) in [4.78, 5) is 25.2. The molecule has 3 N–H and O–H groups in total. The zero-order valence-electron chi connectivity index (χ0n) is 22.1. The standard InChI is InChI=1S/C27H29ClN5O7P/c1-17(26(35)37-14-18-8-4-2-5-9-18)15-41(36,39-19-10-6-3-7-11-19)40-20-12-22(38-21(20)13-34)33-16-30-23-24(29)31-27(28)32-25(23)33/h2-11,16-17,20-22,34H,12-15H2,1H3,(H2,29,31,32)/t17-,20?,21-,22-,41?/m1/s1. The lowest BCUT2D eigenvalue weighted by molar-refractivity contribution is -0.148. The highest BCUT2D eigenvalue weighted by Crippen LogP contribution is 2.53. The van der Waals surface area contributed by atoms with Crippen LogP contribution in [-0.4, -0.2) is 55.6 Å². The lowest BCUT2D eigenvalue weighted by Gasteiger charge is -2.26. The number of carbonyl (C=O) groups excluding carboxylic acids is 1. The normalized spacial score (nSPS) is 20.9. The van der Waals surface area contributed by atoms with E-state index in [1.165, 1.54) is 6.33 Å². The Labute approximate surface area is 240 Å². The van der Waals surface area contributed by atoms with Gasteiger partial charge in [0.2, 0.25) is 5.28 Å². The average Bonchev–Trinajstić information content (AvgIpc) is 3.56. The van der Waals surface area contributed by atoms with Crippen LogP contribution in [0.25, 0.3) is 11.2 Å². The van der Waals surface area contributed by atoms with Gasteiger partial charge in [0.15, 0.2) is 11.5 Å². The number of ether oxygens (including phenoxy) is 2. The Morgan fingerprint density at radius 1 is 1.20 bits per heavy atom. The number of aliphatic hydroxyl groups excluding tert-OH is 1. The summed E-state index contributed by atoms with van der Waals surface area (Å²) in [6.45, 7) is 1.25. The highest BCUT2D eigenvalue weighted by molar-refractivity contribution is 7.54. The smallest absolute Gasteiger partial charge is 0.380 e. The molecule has 14 heteroatoms. The van der Waals surface area contributed by atoms with E-state index in [0.717, 1.165) is 5.56 Å². The SMILES string of the molecule is C[C@H](CP(=O)(Oc1ccccc1)OC1C[C@H](n2cnc3c(N)nc(Cl)nc32)O[C@@H]1CO)C(=O)OCc1ccccc1. The largest absolute Gasteiger partial charge is 0.461 e. The number of hydrogen-bond acceptors (Lipinski definition) is 11. The highest BCUT2D eigenvalue weighted by atomic mass is 35.5. The maximum Gasteiger partial charge on any atom is 0.380 e. The predicted octanol–water partition coefficient (Wildman–Crippen LogP) is 4.38. The van der Waals surface area contributed by atoms with Gasteiger partial charge in [0, 0.05) is 6.42 Å². The van der Waals surface area contributed by atoms with E-state index in [9.17, 15) is 14.5 Å². The lowest BCUT2D eigenvalue weighted by Crippen LogP contribution is -2.29. The number of anilines is 1. The molecule has 0 spiro atoms. The van der Waals surface area contributed by atoms with Crippen LogP contribution in [0.2, 0.25) is 5.28 Å². The summed E-state index contributed by atoms with van der Waals surface area (Å²) in [5.41, 5.74) is 7.42. The molecule has 41 heavy (non-hydrogen) atoms. The van der Waals surface area contributed by atoms with Gasteiger partial charge >= 0.3 is 13.6 Å². The monoisotopic (exact) mass is 601 g/mol. The van der Waals surface area contributed by atoms with Crippen molar-refractivity contribution in [3.63, 3.8) is 0 Å². The van der Waals surface area contributed by atoms with Gasteiger partial charge < -0.3 is 24.8 Å². The molecule has 1 fully saturated rings. The highest BCUT2D eigenvalue weighted by Gasteiger charge is 2.44. The first kappa shape index (κ1) is 29.0. The van der Waals surface area contributed by atoms with E-state index in [1.54, 1.807) is 41.8 Å². The van der Waals surface area contributed by atoms with Crippen molar-refractivity contribution in [2.45, 2.75) is 38.4 Å². The zero-order valence-corrected chi connectivity index (χ0v) is 23.7. The number of fused-ring (bicyclic) bond motifs is 1. The van der Waals surface area contributed by atoms with Gasteiger partial charge in [0.1, 0.15) is 36.3 Å². The molecule has 2 aromatic heterocycles. The van der Waals surface area contributed by atoms with Crippen molar-refractivity contribution in [2.75, 3.05) is 18.5 Å². The molecular weight excluding hydrogens is 573 g/mol. The number of aliphatic hydroxyl groups is 1. The van der Waals surface area contributed by atoms with Crippen LogP contribution in [0.1, 0.15) is 25.1 Å². The van der Waals surface area contributed by atoms with Gasteiger partial charge in [0.05, 0.1) is 25.0 Å². The van der Waals surface area contributed by atoms with Crippen molar-refractivity contribution in [1.82, 2.24) is 19.5 Å². The van der Waals surface area contributed by atoms with Gasteiger partial charge in [-0.1, -0.05) is 55.5 Å². The lowest BCUT2D eigenvalue weighted by atomic mass is 10.2. The summed E-state index contributed by atoms with van der Waals surface area (Å²) in [6, 6.07) is 17.8. The topological polar surface area (TPSA) is 161 Å². The number of para-hydroxylation sites is 1. The number of nitrogen functional groups attached to an aromatic ring is 1. The zero-order chi connectivity index (χ0) is 29.0. The minimum atomic E-state index is -4.00. The third kappa shape index (κ3) is 6.86. The minimum Gasteiger partial charge on any atom is -0.461 e. The summed E-state index contributed by atoms with van der Waals surface area (Å²) >= 11 is 6.00. The van der Waals surface area contributed by atoms with Crippen LogP contribution in [0.15, 0.2) is 67.0 Å². The molecule has 1 aliphatic heterocycles. The first-order valence-electron chi connectivity index (χ1n) is 12.9. The Kier molecular flexibility index (Phi) is 8.86. The number of hydrogen-bond donors (Lipinski definition) is 2. The quantitative estimate of drug-likeness (QED) is 0.143. The van der Waals surface area contributed by atoms with Gasteiger partial charge in [-0.2, -0.15) is 9.97 Å². The fourth-order valence-electron chi connectivity index (χ4n) is 4.50. The molecule has 4 aromatic rings. The van der Waals surface area contributed by atoms with Gasteiger partial charge in [-0.15, -0.1) is 0 Å². The Morgan fingerprint density at radius 2 is 1.90 bits per heavy atom. The summed E-state index contributed by atoms with van der Waals surface area (Å²) in [7, 11) is -4.00. The molecular formula is C27H29ClN5O7P. The second-order valence-electron chi connectivity index (χ2n) is 9.59.